The summed E-state index contributed by atoms with van der Waals surface area (Å²) in [4.78, 5) is 9.98. The molecule has 3 heteroatoms. The van der Waals surface area contributed by atoms with E-state index in [4.69, 9.17) is 0 Å². The Morgan fingerprint density at radius 3 is 1.48 bits per heavy atom. The summed E-state index contributed by atoms with van der Waals surface area (Å²) in [6.45, 7) is 2.70. The maximum Gasteiger partial charge on any atom is 3.00 e. The van der Waals surface area contributed by atoms with Crippen LogP contribution in [-0.4, -0.2) is 5.78 Å². The minimum absolute atomic E-state index is 0. The van der Waals surface area contributed by atoms with Crippen LogP contribution in [0.15, 0.2) is 36.1 Å². The van der Waals surface area contributed by atoms with E-state index in [2.05, 4.69) is 60.8 Å². The van der Waals surface area contributed by atoms with Crippen molar-refractivity contribution in [2.24, 2.45) is 47.3 Å². The largest absolute Gasteiger partial charge is 3.00 e. The molecule has 2 radical (unpaired) electrons. The summed E-state index contributed by atoms with van der Waals surface area (Å²) in [5, 5.41) is 9.98. The van der Waals surface area contributed by atoms with E-state index in [0.717, 1.165) is 24.3 Å². The van der Waals surface area contributed by atoms with Crippen LogP contribution in [0.3, 0.4) is 0 Å². The zero-order valence-corrected chi connectivity index (χ0v) is 19.2. The molecule has 6 bridgehead atoms. The fourth-order valence-electron chi connectivity index (χ4n) is 4.95. The van der Waals surface area contributed by atoms with Crippen molar-refractivity contribution in [3.63, 3.8) is 0 Å². The standard InChI is InChI=1S/C14H14.C7H4.C5H8O2.Ir/c1-3-11-5-9(1)7-13(11)14-8-10-2-4-12(14)6-10;1-2-7-4-3-6(1)5-7;1-4(6)3-5(2)7;/h1-4,9-14H,5-6H2;6-7H,5H2;3,6H,1-2H3;/q-2;;;+3/p-1. The Labute approximate surface area is 188 Å². The summed E-state index contributed by atoms with van der Waals surface area (Å²) in [5.41, 5.74) is 0. The smallest absolute Gasteiger partial charge is 0.876 e. The molecule has 0 aromatic carbocycles. The average molecular weight is 562 g/mol. The Balaban J connectivity index is 0.000000137. The average Bonchev–Trinajstić information content (AvgIpc) is 3.50. The second-order valence-corrected chi connectivity index (χ2v) is 8.45. The van der Waals surface area contributed by atoms with Gasteiger partial charge in [-0.2, -0.15) is 11.8 Å². The third-order valence-corrected chi connectivity index (χ3v) is 6.10. The molecule has 0 aromatic heterocycles. The third kappa shape index (κ3) is 5.34. The van der Waals surface area contributed by atoms with E-state index in [-0.39, 0.29) is 31.6 Å². The Hall–Kier alpha value is -1.54. The summed E-state index contributed by atoms with van der Waals surface area (Å²) in [6.07, 6.45) is 21.9. The number of carbonyl (C=O) groups excluding carboxylic acids is 1. The van der Waals surface area contributed by atoms with E-state index in [9.17, 15) is 9.90 Å². The predicted octanol–water partition coefficient (Wildman–Crippen LogP) is 3.27. The van der Waals surface area contributed by atoms with Crippen molar-refractivity contribution in [2.45, 2.75) is 33.1 Å². The summed E-state index contributed by atoms with van der Waals surface area (Å²) >= 11 is 0. The molecule has 6 atom stereocenters. The van der Waals surface area contributed by atoms with Gasteiger partial charge in [-0.25, -0.2) is 11.8 Å². The van der Waals surface area contributed by atoms with Crippen LogP contribution >= 0.6 is 0 Å². The molecular formula is C26H25IrO2. The molecule has 150 valence electrons. The SMILES string of the molecule is C1#CC2C#CC1C2.CC(=O)C=C(C)[O-].[C-]1C2C=CC(C2)C1C1[C-]C2C=CC1C2.[Ir+3]. The number of rotatable bonds is 2. The molecule has 2 saturated carbocycles. The van der Waals surface area contributed by atoms with Crippen LogP contribution in [0.5, 0.6) is 0 Å². The Morgan fingerprint density at radius 1 is 0.862 bits per heavy atom. The molecule has 0 spiro atoms. The van der Waals surface area contributed by atoms with E-state index in [1.54, 1.807) is 0 Å². The molecule has 2 fully saturated rings. The van der Waals surface area contributed by atoms with Gasteiger partial charge in [-0.15, -0.1) is 17.9 Å². The van der Waals surface area contributed by atoms with Gasteiger partial charge in [0.05, 0.1) is 11.8 Å². The summed E-state index contributed by atoms with van der Waals surface area (Å²) < 4.78 is 0. The third-order valence-electron chi connectivity index (χ3n) is 6.10. The number of fused-ring (bicyclic) bond motifs is 6. The minimum Gasteiger partial charge on any atom is -0.876 e. The Bertz CT molecular complexity index is 767. The first-order valence-electron chi connectivity index (χ1n) is 10.2. The van der Waals surface area contributed by atoms with Gasteiger partial charge in [0.15, 0.2) is 5.78 Å². The van der Waals surface area contributed by atoms with Crippen molar-refractivity contribution in [3.05, 3.63) is 49.0 Å². The van der Waals surface area contributed by atoms with E-state index in [0.29, 0.717) is 35.5 Å². The van der Waals surface area contributed by atoms with Gasteiger partial charge in [0.1, 0.15) is 0 Å². The van der Waals surface area contributed by atoms with Crippen LogP contribution in [0.2, 0.25) is 0 Å². The maximum absolute atomic E-state index is 9.98. The molecule has 0 heterocycles. The van der Waals surface area contributed by atoms with Crippen LogP contribution in [0, 0.1) is 83.9 Å². The number of carbonyl (C=O) groups is 1. The van der Waals surface area contributed by atoms with Crippen molar-refractivity contribution >= 4 is 5.78 Å². The van der Waals surface area contributed by atoms with Crippen molar-refractivity contribution in [3.8, 4) is 23.7 Å². The zero-order chi connectivity index (χ0) is 19.7. The van der Waals surface area contributed by atoms with Crippen LogP contribution in [0.4, 0.5) is 0 Å². The van der Waals surface area contributed by atoms with Crippen molar-refractivity contribution in [1.82, 2.24) is 0 Å². The first-order valence-corrected chi connectivity index (χ1v) is 10.2. The summed E-state index contributed by atoms with van der Waals surface area (Å²) in [5.74, 6) is 17.0. The summed E-state index contributed by atoms with van der Waals surface area (Å²) in [6, 6.07) is 0. The molecule has 0 aliphatic heterocycles. The number of allylic oxidation sites excluding steroid dienone is 6. The molecule has 6 rings (SSSR count). The second-order valence-electron chi connectivity index (χ2n) is 8.45. The van der Waals surface area contributed by atoms with E-state index in [1.807, 2.05) is 0 Å². The van der Waals surface area contributed by atoms with Gasteiger partial charge in [-0.1, -0.05) is 67.4 Å². The first kappa shape index (κ1) is 22.2. The summed E-state index contributed by atoms with van der Waals surface area (Å²) in [7, 11) is 0. The van der Waals surface area contributed by atoms with E-state index in [1.165, 1.54) is 26.7 Å². The Kier molecular flexibility index (Phi) is 7.27. The van der Waals surface area contributed by atoms with Gasteiger partial charge >= 0.3 is 20.1 Å². The predicted molar refractivity (Wildman–Crippen MR) is 107 cm³/mol. The van der Waals surface area contributed by atoms with Gasteiger partial charge < -0.3 is 17.9 Å². The molecule has 6 unspecified atom stereocenters. The van der Waals surface area contributed by atoms with E-state index < -0.39 is 0 Å². The molecular weight excluding hydrogens is 537 g/mol. The molecule has 2 nitrogen and oxygen atoms in total. The van der Waals surface area contributed by atoms with Crippen LogP contribution in [-0.2, 0) is 24.9 Å². The minimum atomic E-state index is -0.187. The van der Waals surface area contributed by atoms with Gasteiger partial charge in [-0.05, 0) is 19.4 Å². The van der Waals surface area contributed by atoms with E-state index >= 15 is 0 Å². The monoisotopic (exact) mass is 562 g/mol. The zero-order valence-electron chi connectivity index (χ0n) is 16.8. The topological polar surface area (TPSA) is 40.1 Å². The van der Waals surface area contributed by atoms with Crippen molar-refractivity contribution < 1.29 is 30.0 Å². The molecule has 29 heavy (non-hydrogen) atoms. The normalized spacial score (nSPS) is 40.0. The van der Waals surface area contributed by atoms with Gasteiger partial charge in [0.2, 0.25) is 0 Å². The molecule has 0 amide bonds. The fraction of sp³-hybridized carbons (Fsp3) is 0.500. The van der Waals surface area contributed by atoms with Crippen molar-refractivity contribution in [1.29, 1.82) is 0 Å². The van der Waals surface area contributed by atoms with Crippen LogP contribution < -0.4 is 5.11 Å². The first-order chi connectivity index (χ1) is 13.5. The van der Waals surface area contributed by atoms with Crippen LogP contribution in [0.25, 0.3) is 0 Å². The molecule has 6 aliphatic rings. The number of hydrogen-bond acceptors (Lipinski definition) is 2. The van der Waals surface area contributed by atoms with Crippen molar-refractivity contribution in [2.75, 3.05) is 0 Å². The van der Waals surface area contributed by atoms with Gasteiger partial charge in [0, 0.05) is 0 Å². The van der Waals surface area contributed by atoms with Gasteiger partial charge in [0.25, 0.3) is 0 Å². The van der Waals surface area contributed by atoms with Gasteiger partial charge in [-0.3, -0.25) is 4.79 Å². The quantitative estimate of drug-likeness (QED) is 0.171. The van der Waals surface area contributed by atoms with Crippen LogP contribution in [0.1, 0.15) is 33.1 Å². The fourth-order valence-corrected chi connectivity index (χ4v) is 4.95. The maximum atomic E-state index is 9.98. The second kappa shape index (κ2) is 9.51. The molecule has 0 saturated heterocycles. The number of ketones is 1. The molecule has 0 aromatic rings. The molecule has 0 N–H and O–H groups in total. The molecule has 6 aliphatic carbocycles. The Morgan fingerprint density at radius 2 is 1.31 bits per heavy atom. The number of hydrogen-bond donors (Lipinski definition) is 0.